The zero-order chi connectivity index (χ0) is 18.2. The average Bonchev–Trinajstić information content (AvgIpc) is 2.67. The van der Waals surface area contributed by atoms with Crippen molar-refractivity contribution in [1.29, 1.82) is 0 Å². The minimum atomic E-state index is 0.00782. The second kappa shape index (κ2) is 9.36. The Morgan fingerprint density at radius 2 is 1.96 bits per heavy atom. The van der Waals surface area contributed by atoms with Crippen molar-refractivity contribution in [2.75, 3.05) is 33.4 Å². The predicted molar refractivity (Wildman–Crippen MR) is 101 cm³/mol. The summed E-state index contributed by atoms with van der Waals surface area (Å²) in [5, 5.41) is 3.17. The Bertz CT molecular complexity index is 705. The molecule has 1 aliphatic rings. The number of methoxy groups -OCH3 is 1. The molecular weight excluding hydrogens is 328 g/mol. The molecule has 1 heterocycles. The van der Waals surface area contributed by atoms with Crippen molar-refractivity contribution in [2.24, 2.45) is 0 Å². The molecule has 0 spiro atoms. The SMILES string of the molecule is COCCN(CC(=O)NC1CCOc2ccccc21)Cc1ccccc1. The minimum Gasteiger partial charge on any atom is -0.493 e. The minimum absolute atomic E-state index is 0.00782. The number of nitrogens with one attached hydrogen (secondary N) is 1. The van der Waals surface area contributed by atoms with Gasteiger partial charge in [0.15, 0.2) is 0 Å². The van der Waals surface area contributed by atoms with Gasteiger partial charge in [-0.25, -0.2) is 0 Å². The topological polar surface area (TPSA) is 50.8 Å². The maximum absolute atomic E-state index is 12.7. The third-order valence-corrected chi connectivity index (χ3v) is 4.52. The number of hydrogen-bond acceptors (Lipinski definition) is 4. The molecule has 3 rings (SSSR count). The van der Waals surface area contributed by atoms with E-state index in [-0.39, 0.29) is 11.9 Å². The number of benzene rings is 2. The lowest BCUT2D eigenvalue weighted by atomic mass is 10.0. The molecule has 0 saturated heterocycles. The Morgan fingerprint density at radius 1 is 1.19 bits per heavy atom. The van der Waals surface area contributed by atoms with Gasteiger partial charge < -0.3 is 14.8 Å². The average molecular weight is 354 g/mol. The van der Waals surface area contributed by atoms with Crippen LogP contribution in [0.25, 0.3) is 0 Å². The number of nitrogens with zero attached hydrogens (tertiary/aromatic N) is 1. The summed E-state index contributed by atoms with van der Waals surface area (Å²) in [5.41, 5.74) is 2.24. The van der Waals surface area contributed by atoms with Crippen molar-refractivity contribution >= 4 is 5.91 Å². The molecule has 0 fully saturated rings. The van der Waals surface area contributed by atoms with Crippen LogP contribution in [0, 0.1) is 0 Å². The lowest BCUT2D eigenvalue weighted by Gasteiger charge is -2.28. The monoisotopic (exact) mass is 354 g/mol. The van der Waals surface area contributed by atoms with E-state index in [1.807, 2.05) is 42.5 Å². The predicted octanol–water partition coefficient (Wildman–Crippen LogP) is 2.78. The van der Waals surface area contributed by atoms with Gasteiger partial charge in [-0.2, -0.15) is 0 Å². The van der Waals surface area contributed by atoms with Gasteiger partial charge in [-0.3, -0.25) is 9.69 Å². The summed E-state index contributed by atoms with van der Waals surface area (Å²) >= 11 is 0. The number of carbonyl (C=O) groups excluding carboxylic acids is 1. The van der Waals surface area contributed by atoms with Gasteiger partial charge in [0, 0.05) is 32.2 Å². The molecule has 0 radical (unpaired) electrons. The van der Waals surface area contributed by atoms with Crippen LogP contribution in [0.2, 0.25) is 0 Å². The third-order valence-electron chi connectivity index (χ3n) is 4.52. The molecule has 5 heteroatoms. The molecule has 0 saturated carbocycles. The first-order valence-corrected chi connectivity index (χ1v) is 9.02. The Morgan fingerprint density at radius 3 is 2.77 bits per heavy atom. The molecule has 2 aromatic carbocycles. The number of amides is 1. The number of ether oxygens (including phenoxy) is 2. The fraction of sp³-hybridized carbons (Fsp3) is 0.381. The maximum Gasteiger partial charge on any atom is 0.234 e. The Kier molecular flexibility index (Phi) is 6.63. The molecule has 2 aromatic rings. The van der Waals surface area contributed by atoms with Gasteiger partial charge in [0.1, 0.15) is 5.75 Å². The summed E-state index contributed by atoms with van der Waals surface area (Å²) in [7, 11) is 1.68. The van der Waals surface area contributed by atoms with Crippen molar-refractivity contribution in [2.45, 2.75) is 19.0 Å². The summed E-state index contributed by atoms with van der Waals surface area (Å²) < 4.78 is 10.9. The van der Waals surface area contributed by atoms with Crippen LogP contribution in [0.15, 0.2) is 54.6 Å². The van der Waals surface area contributed by atoms with Gasteiger partial charge >= 0.3 is 0 Å². The summed E-state index contributed by atoms with van der Waals surface area (Å²) in [6.45, 7) is 3.00. The molecule has 1 N–H and O–H groups in total. The van der Waals surface area contributed by atoms with Gasteiger partial charge in [0.25, 0.3) is 0 Å². The van der Waals surface area contributed by atoms with Crippen LogP contribution < -0.4 is 10.1 Å². The summed E-state index contributed by atoms with van der Waals surface area (Å²) in [5.74, 6) is 0.892. The first kappa shape index (κ1) is 18.4. The third kappa shape index (κ3) is 5.07. The van der Waals surface area contributed by atoms with Crippen LogP contribution >= 0.6 is 0 Å². The van der Waals surface area contributed by atoms with Gasteiger partial charge in [-0.15, -0.1) is 0 Å². The Labute approximate surface area is 154 Å². The van der Waals surface area contributed by atoms with E-state index in [1.165, 1.54) is 5.56 Å². The number of para-hydroxylation sites is 1. The maximum atomic E-state index is 12.7. The molecule has 138 valence electrons. The summed E-state index contributed by atoms with van der Waals surface area (Å²) in [6.07, 6.45) is 0.791. The van der Waals surface area contributed by atoms with Crippen molar-refractivity contribution in [3.05, 3.63) is 65.7 Å². The molecule has 26 heavy (non-hydrogen) atoms. The normalized spacial score (nSPS) is 16.0. The van der Waals surface area contributed by atoms with Crippen molar-refractivity contribution < 1.29 is 14.3 Å². The summed E-state index contributed by atoms with van der Waals surface area (Å²) in [6, 6.07) is 18.1. The lowest BCUT2D eigenvalue weighted by molar-refractivity contribution is -0.123. The van der Waals surface area contributed by atoms with Gasteiger partial charge in [-0.05, 0) is 11.6 Å². The van der Waals surface area contributed by atoms with E-state index in [1.54, 1.807) is 7.11 Å². The lowest BCUT2D eigenvalue weighted by Crippen LogP contribution is -2.41. The fourth-order valence-electron chi connectivity index (χ4n) is 3.21. The number of hydrogen-bond donors (Lipinski definition) is 1. The van der Waals surface area contributed by atoms with Gasteiger partial charge in [0.2, 0.25) is 5.91 Å². The van der Waals surface area contributed by atoms with Crippen LogP contribution in [0.1, 0.15) is 23.6 Å². The van der Waals surface area contributed by atoms with Crippen LogP contribution in [0.5, 0.6) is 5.75 Å². The zero-order valence-corrected chi connectivity index (χ0v) is 15.2. The fourth-order valence-corrected chi connectivity index (χ4v) is 3.21. The van der Waals surface area contributed by atoms with Gasteiger partial charge in [-0.1, -0.05) is 48.5 Å². The summed E-state index contributed by atoms with van der Waals surface area (Å²) in [4.78, 5) is 14.8. The van der Waals surface area contributed by atoms with Crippen LogP contribution in [0.3, 0.4) is 0 Å². The largest absolute Gasteiger partial charge is 0.493 e. The first-order chi connectivity index (χ1) is 12.8. The molecule has 1 atom stereocenters. The standard InChI is InChI=1S/C21H26N2O3/c1-25-14-12-23(15-17-7-3-2-4-8-17)16-21(24)22-19-11-13-26-20-10-6-5-9-18(19)20/h2-10,19H,11-16H2,1H3,(H,22,24). The van der Waals surface area contributed by atoms with Gasteiger partial charge in [0.05, 0.1) is 25.8 Å². The van der Waals surface area contributed by atoms with E-state index in [2.05, 4.69) is 22.3 Å². The molecule has 5 nitrogen and oxygen atoms in total. The highest BCUT2D eigenvalue weighted by atomic mass is 16.5. The highest BCUT2D eigenvalue weighted by Gasteiger charge is 2.23. The number of rotatable bonds is 8. The van der Waals surface area contributed by atoms with Crippen LogP contribution in [-0.4, -0.2) is 44.2 Å². The molecule has 1 aliphatic heterocycles. The van der Waals surface area contributed by atoms with Crippen LogP contribution in [0.4, 0.5) is 0 Å². The molecule has 0 aliphatic carbocycles. The first-order valence-electron chi connectivity index (χ1n) is 9.02. The van der Waals surface area contributed by atoms with Crippen molar-refractivity contribution in [3.8, 4) is 5.75 Å². The van der Waals surface area contributed by atoms with E-state index >= 15 is 0 Å². The van der Waals surface area contributed by atoms with E-state index in [0.717, 1.165) is 24.3 Å². The molecule has 0 bridgehead atoms. The van der Waals surface area contributed by atoms with Crippen molar-refractivity contribution in [3.63, 3.8) is 0 Å². The van der Waals surface area contributed by atoms with Crippen molar-refractivity contribution in [1.82, 2.24) is 10.2 Å². The van der Waals surface area contributed by atoms with Crippen LogP contribution in [-0.2, 0) is 16.1 Å². The highest BCUT2D eigenvalue weighted by Crippen LogP contribution is 2.31. The molecule has 1 amide bonds. The van der Waals surface area contributed by atoms with E-state index in [4.69, 9.17) is 9.47 Å². The molecular formula is C21H26N2O3. The quantitative estimate of drug-likeness (QED) is 0.792. The van der Waals surface area contributed by atoms with E-state index in [9.17, 15) is 4.79 Å². The smallest absolute Gasteiger partial charge is 0.234 e. The molecule has 1 unspecified atom stereocenters. The Hall–Kier alpha value is -2.37. The van der Waals surface area contributed by atoms with E-state index < -0.39 is 0 Å². The second-order valence-electron chi connectivity index (χ2n) is 6.48. The van der Waals surface area contributed by atoms with E-state index in [0.29, 0.717) is 26.3 Å². The Balaban J connectivity index is 1.61. The highest BCUT2D eigenvalue weighted by molar-refractivity contribution is 5.78. The molecule has 0 aromatic heterocycles. The second-order valence-corrected chi connectivity index (χ2v) is 6.48. The number of fused-ring (bicyclic) bond motifs is 1. The zero-order valence-electron chi connectivity index (χ0n) is 15.2. The number of carbonyl (C=O) groups is 1.